The summed E-state index contributed by atoms with van der Waals surface area (Å²) in [5.74, 6) is 1.34. The largest absolute Gasteiger partial charge is 0.504 e. The van der Waals surface area contributed by atoms with E-state index in [9.17, 15) is 10.2 Å². The molecule has 0 saturated carbocycles. The zero-order chi connectivity index (χ0) is 18.2. The highest BCUT2D eigenvalue weighted by atomic mass is 16.5. The second-order valence-corrected chi connectivity index (χ2v) is 5.55. The van der Waals surface area contributed by atoms with Gasteiger partial charge in [-0.25, -0.2) is 0 Å². The number of methoxy groups -OCH3 is 2. The van der Waals surface area contributed by atoms with Gasteiger partial charge < -0.3 is 29.5 Å². The van der Waals surface area contributed by atoms with E-state index in [1.807, 2.05) is 12.1 Å². The maximum atomic E-state index is 10.8. The summed E-state index contributed by atoms with van der Waals surface area (Å²) < 4.78 is 16.3. The molecule has 6 nitrogen and oxygen atoms in total. The summed E-state index contributed by atoms with van der Waals surface area (Å²) in [4.78, 5) is 0. The summed E-state index contributed by atoms with van der Waals surface area (Å²) in [7, 11) is 2.99. The lowest BCUT2D eigenvalue weighted by Gasteiger charge is -2.25. The standard InChI is InChI=1S/C19H24O6/c1-23-15-6-3-4-7-16(15)25-17(8-5-11-20)19(22)13-9-10-14(21)18(12-13)24-2/h3-4,6-7,9-10,12,17,19-22H,5,8,11H2,1-2H3. The predicted molar refractivity (Wildman–Crippen MR) is 93.3 cm³/mol. The van der Waals surface area contributed by atoms with Gasteiger partial charge in [0.05, 0.1) is 14.2 Å². The van der Waals surface area contributed by atoms with E-state index < -0.39 is 12.2 Å². The van der Waals surface area contributed by atoms with Crippen molar-refractivity contribution < 1.29 is 29.5 Å². The fourth-order valence-corrected chi connectivity index (χ4v) is 2.55. The molecule has 0 amide bonds. The Morgan fingerprint density at radius 3 is 2.28 bits per heavy atom. The van der Waals surface area contributed by atoms with Crippen LogP contribution in [0.3, 0.4) is 0 Å². The zero-order valence-electron chi connectivity index (χ0n) is 14.4. The average Bonchev–Trinajstić information content (AvgIpc) is 2.65. The molecule has 136 valence electrons. The van der Waals surface area contributed by atoms with E-state index in [1.165, 1.54) is 13.2 Å². The number of hydrogen-bond donors (Lipinski definition) is 3. The molecule has 0 heterocycles. The zero-order valence-corrected chi connectivity index (χ0v) is 14.4. The van der Waals surface area contributed by atoms with Crippen molar-refractivity contribution in [1.29, 1.82) is 0 Å². The molecule has 0 aliphatic heterocycles. The van der Waals surface area contributed by atoms with Crippen molar-refractivity contribution >= 4 is 0 Å². The second-order valence-electron chi connectivity index (χ2n) is 5.55. The predicted octanol–water partition coefficient (Wildman–Crippen LogP) is 2.66. The fraction of sp³-hybridized carbons (Fsp3) is 0.368. The minimum Gasteiger partial charge on any atom is -0.504 e. The Hall–Kier alpha value is -2.44. The van der Waals surface area contributed by atoms with E-state index in [4.69, 9.17) is 19.3 Å². The molecule has 0 saturated heterocycles. The lowest BCUT2D eigenvalue weighted by Crippen LogP contribution is -2.26. The van der Waals surface area contributed by atoms with Crippen LogP contribution in [0.1, 0.15) is 24.5 Å². The van der Waals surface area contributed by atoms with Crippen LogP contribution in [0.5, 0.6) is 23.0 Å². The van der Waals surface area contributed by atoms with Gasteiger partial charge in [-0.05, 0) is 42.7 Å². The quantitative estimate of drug-likeness (QED) is 0.646. The van der Waals surface area contributed by atoms with Gasteiger partial charge in [-0.3, -0.25) is 0 Å². The third-order valence-electron chi connectivity index (χ3n) is 3.89. The molecule has 0 fully saturated rings. The first kappa shape index (κ1) is 18.9. The maximum absolute atomic E-state index is 10.8. The van der Waals surface area contributed by atoms with E-state index >= 15 is 0 Å². The first-order valence-electron chi connectivity index (χ1n) is 8.06. The molecule has 3 N–H and O–H groups in total. The minimum atomic E-state index is -0.967. The fourth-order valence-electron chi connectivity index (χ4n) is 2.55. The smallest absolute Gasteiger partial charge is 0.161 e. The van der Waals surface area contributed by atoms with Crippen LogP contribution in [0.25, 0.3) is 0 Å². The molecule has 2 atom stereocenters. The molecule has 0 radical (unpaired) electrons. The number of aliphatic hydroxyl groups is 2. The molecule has 2 rings (SSSR count). The highest BCUT2D eigenvalue weighted by Crippen LogP contribution is 2.34. The van der Waals surface area contributed by atoms with Crippen molar-refractivity contribution in [1.82, 2.24) is 0 Å². The van der Waals surface area contributed by atoms with Crippen molar-refractivity contribution in [2.24, 2.45) is 0 Å². The molecule has 0 aliphatic carbocycles. The molecule has 25 heavy (non-hydrogen) atoms. The Morgan fingerprint density at radius 2 is 1.64 bits per heavy atom. The van der Waals surface area contributed by atoms with Crippen molar-refractivity contribution in [3.05, 3.63) is 48.0 Å². The number of phenols is 1. The van der Waals surface area contributed by atoms with Gasteiger partial charge >= 0.3 is 0 Å². The van der Waals surface area contributed by atoms with E-state index in [1.54, 1.807) is 31.4 Å². The number of phenolic OH excluding ortho intramolecular Hbond substituents is 1. The van der Waals surface area contributed by atoms with E-state index in [0.29, 0.717) is 29.9 Å². The monoisotopic (exact) mass is 348 g/mol. The maximum Gasteiger partial charge on any atom is 0.161 e. The van der Waals surface area contributed by atoms with E-state index in [0.717, 1.165) is 0 Å². The Kier molecular flexibility index (Phi) is 6.91. The van der Waals surface area contributed by atoms with Crippen LogP contribution in [0.2, 0.25) is 0 Å². The molecule has 2 aromatic carbocycles. The van der Waals surface area contributed by atoms with Crippen molar-refractivity contribution in [2.75, 3.05) is 20.8 Å². The van der Waals surface area contributed by atoms with Crippen molar-refractivity contribution in [2.45, 2.75) is 25.0 Å². The topological polar surface area (TPSA) is 88.4 Å². The molecule has 0 aromatic heterocycles. The Labute approximate surface area is 147 Å². The molecular formula is C19H24O6. The molecule has 2 unspecified atom stereocenters. The summed E-state index contributed by atoms with van der Waals surface area (Å²) in [5, 5.41) is 29.6. The Morgan fingerprint density at radius 1 is 0.960 bits per heavy atom. The lowest BCUT2D eigenvalue weighted by molar-refractivity contribution is 0.0249. The van der Waals surface area contributed by atoms with Crippen molar-refractivity contribution in [3.8, 4) is 23.0 Å². The summed E-state index contributed by atoms with van der Waals surface area (Å²) in [6, 6.07) is 11.8. The number of aliphatic hydroxyl groups excluding tert-OH is 2. The number of rotatable bonds is 9. The highest BCUT2D eigenvalue weighted by Gasteiger charge is 2.24. The van der Waals surface area contributed by atoms with Crippen LogP contribution in [0.15, 0.2) is 42.5 Å². The third kappa shape index (κ3) is 4.78. The second kappa shape index (κ2) is 9.15. The molecule has 2 aromatic rings. The van der Waals surface area contributed by atoms with Crippen LogP contribution >= 0.6 is 0 Å². The molecule has 6 heteroatoms. The molecule has 0 bridgehead atoms. The molecule has 0 aliphatic rings. The van der Waals surface area contributed by atoms with Crippen LogP contribution in [0.4, 0.5) is 0 Å². The van der Waals surface area contributed by atoms with Crippen LogP contribution in [-0.2, 0) is 0 Å². The van der Waals surface area contributed by atoms with E-state index in [-0.39, 0.29) is 18.1 Å². The first-order valence-corrected chi connectivity index (χ1v) is 8.06. The number of aromatic hydroxyl groups is 1. The summed E-state index contributed by atoms with van der Waals surface area (Å²) in [6.07, 6.45) is -0.644. The first-order chi connectivity index (χ1) is 12.1. The van der Waals surface area contributed by atoms with Gasteiger partial charge in [0.1, 0.15) is 12.2 Å². The van der Waals surface area contributed by atoms with Gasteiger partial charge in [-0.1, -0.05) is 18.2 Å². The number of benzene rings is 2. The molecular weight excluding hydrogens is 324 g/mol. The lowest BCUT2D eigenvalue weighted by atomic mass is 10.00. The van der Waals surface area contributed by atoms with E-state index in [2.05, 4.69) is 0 Å². The summed E-state index contributed by atoms with van der Waals surface area (Å²) >= 11 is 0. The Balaban J connectivity index is 2.26. The highest BCUT2D eigenvalue weighted by molar-refractivity contribution is 5.43. The number of hydrogen-bond acceptors (Lipinski definition) is 6. The van der Waals surface area contributed by atoms with Gasteiger partial charge in [-0.2, -0.15) is 0 Å². The van der Waals surface area contributed by atoms with Crippen LogP contribution in [-0.4, -0.2) is 42.3 Å². The van der Waals surface area contributed by atoms with Crippen LogP contribution in [0, 0.1) is 0 Å². The third-order valence-corrected chi connectivity index (χ3v) is 3.89. The van der Waals surface area contributed by atoms with Gasteiger partial charge in [0.25, 0.3) is 0 Å². The van der Waals surface area contributed by atoms with Crippen LogP contribution < -0.4 is 14.2 Å². The van der Waals surface area contributed by atoms with Gasteiger partial charge in [0.2, 0.25) is 0 Å². The minimum absolute atomic E-state index is 0.00258. The van der Waals surface area contributed by atoms with Crippen molar-refractivity contribution in [3.63, 3.8) is 0 Å². The average molecular weight is 348 g/mol. The normalized spacial score (nSPS) is 13.1. The summed E-state index contributed by atoms with van der Waals surface area (Å²) in [6.45, 7) is -0.00258. The number of ether oxygens (including phenoxy) is 3. The van der Waals surface area contributed by atoms with Gasteiger partial charge in [0.15, 0.2) is 23.0 Å². The van der Waals surface area contributed by atoms with Gasteiger partial charge in [0, 0.05) is 6.61 Å². The van der Waals surface area contributed by atoms with Gasteiger partial charge in [-0.15, -0.1) is 0 Å². The Bertz CT molecular complexity index is 673. The SMILES string of the molecule is COc1cc(C(O)C(CCCO)Oc2ccccc2OC)ccc1O. The number of para-hydroxylation sites is 2. The molecule has 0 spiro atoms. The summed E-state index contributed by atoms with van der Waals surface area (Å²) in [5.41, 5.74) is 0.549.